The molecule has 0 bridgehead atoms. The number of amides is 1. The van der Waals surface area contributed by atoms with Gasteiger partial charge in [-0.15, -0.1) is 0 Å². The number of nitrogens with zero attached hydrogens (tertiary/aromatic N) is 1. The molecule has 6 nitrogen and oxygen atoms in total. The number of carboxylic acids is 1. The van der Waals surface area contributed by atoms with Gasteiger partial charge in [-0.1, -0.05) is 13.8 Å². The number of hydrogen-bond acceptors (Lipinski definition) is 3. The van der Waals surface area contributed by atoms with E-state index in [1.54, 1.807) is 20.0 Å². The minimum absolute atomic E-state index is 0.0227. The van der Waals surface area contributed by atoms with E-state index >= 15 is 0 Å². The van der Waals surface area contributed by atoms with Crippen molar-refractivity contribution < 1.29 is 14.7 Å². The second-order valence-electron chi connectivity index (χ2n) is 5.21. The van der Waals surface area contributed by atoms with E-state index in [1.807, 2.05) is 6.92 Å². The second kappa shape index (κ2) is 5.66. The Balaban J connectivity index is 2.42. The lowest BCUT2D eigenvalue weighted by Crippen LogP contribution is -2.29. The molecule has 1 amide bonds. The molecule has 6 heteroatoms. The summed E-state index contributed by atoms with van der Waals surface area (Å²) in [4.78, 5) is 22.4. The number of aromatic amines is 1. The highest BCUT2D eigenvalue weighted by Gasteiger charge is 2.25. The predicted molar refractivity (Wildman–Crippen MR) is 65.8 cm³/mol. The van der Waals surface area contributed by atoms with Crippen LogP contribution in [-0.4, -0.2) is 27.2 Å². The molecule has 0 radical (unpaired) electrons. The summed E-state index contributed by atoms with van der Waals surface area (Å²) in [6.45, 7) is 5.82. The maximum Gasteiger partial charge on any atom is 0.303 e. The van der Waals surface area contributed by atoms with Gasteiger partial charge >= 0.3 is 5.97 Å². The Morgan fingerprint density at radius 2 is 2.11 bits per heavy atom. The van der Waals surface area contributed by atoms with Gasteiger partial charge in [0.2, 0.25) is 5.91 Å². The molecule has 18 heavy (non-hydrogen) atoms. The number of H-pyrrole nitrogens is 1. The van der Waals surface area contributed by atoms with Gasteiger partial charge in [0.15, 0.2) is 0 Å². The molecule has 0 saturated carbocycles. The average molecular weight is 253 g/mol. The Hall–Kier alpha value is -1.85. The summed E-state index contributed by atoms with van der Waals surface area (Å²) < 4.78 is 0. The molecule has 0 fully saturated rings. The van der Waals surface area contributed by atoms with Crippen LogP contribution >= 0.6 is 0 Å². The van der Waals surface area contributed by atoms with Crippen LogP contribution in [0, 0.1) is 12.3 Å². The highest BCUT2D eigenvalue weighted by Crippen LogP contribution is 2.24. The van der Waals surface area contributed by atoms with E-state index in [2.05, 4.69) is 15.5 Å². The summed E-state index contributed by atoms with van der Waals surface area (Å²) in [5.41, 5.74) is 1.31. The van der Waals surface area contributed by atoms with Crippen LogP contribution < -0.4 is 5.32 Å². The SMILES string of the molecule is Cc1[nH]ncc1CNC(=O)CC(C)(C)CC(=O)O. The van der Waals surface area contributed by atoms with E-state index in [-0.39, 0.29) is 18.7 Å². The highest BCUT2D eigenvalue weighted by molar-refractivity contribution is 5.77. The van der Waals surface area contributed by atoms with Crippen molar-refractivity contribution in [1.82, 2.24) is 15.5 Å². The summed E-state index contributed by atoms with van der Waals surface area (Å²) in [6.07, 6.45) is 1.83. The lowest BCUT2D eigenvalue weighted by molar-refractivity contribution is -0.139. The molecule has 0 aliphatic heterocycles. The number of nitrogens with one attached hydrogen (secondary N) is 2. The number of carbonyl (C=O) groups is 2. The summed E-state index contributed by atoms with van der Waals surface area (Å²) in [7, 11) is 0. The molecule has 1 heterocycles. The molecule has 0 atom stereocenters. The molecule has 0 aliphatic rings. The summed E-state index contributed by atoms with van der Waals surface area (Å²) in [5.74, 6) is -1.04. The first-order valence-electron chi connectivity index (χ1n) is 5.77. The summed E-state index contributed by atoms with van der Waals surface area (Å²) in [6, 6.07) is 0. The van der Waals surface area contributed by atoms with Crippen LogP contribution in [0.1, 0.15) is 37.9 Å². The molecule has 0 saturated heterocycles. The Morgan fingerprint density at radius 3 is 2.61 bits per heavy atom. The van der Waals surface area contributed by atoms with E-state index in [9.17, 15) is 9.59 Å². The Morgan fingerprint density at radius 1 is 1.44 bits per heavy atom. The Bertz CT molecular complexity index is 438. The van der Waals surface area contributed by atoms with Crippen molar-refractivity contribution in [3.8, 4) is 0 Å². The van der Waals surface area contributed by atoms with Gasteiger partial charge in [0.05, 0.1) is 12.6 Å². The fraction of sp³-hybridized carbons (Fsp3) is 0.583. The number of aromatic nitrogens is 2. The van der Waals surface area contributed by atoms with E-state index in [1.165, 1.54) is 0 Å². The van der Waals surface area contributed by atoms with Gasteiger partial charge in [-0.25, -0.2) is 0 Å². The van der Waals surface area contributed by atoms with Crippen molar-refractivity contribution in [3.05, 3.63) is 17.5 Å². The van der Waals surface area contributed by atoms with Crippen molar-refractivity contribution >= 4 is 11.9 Å². The molecule has 0 spiro atoms. The largest absolute Gasteiger partial charge is 0.481 e. The van der Waals surface area contributed by atoms with Crippen LogP contribution in [0.2, 0.25) is 0 Å². The van der Waals surface area contributed by atoms with E-state index in [0.717, 1.165) is 11.3 Å². The van der Waals surface area contributed by atoms with Crippen molar-refractivity contribution in [2.75, 3.05) is 0 Å². The summed E-state index contributed by atoms with van der Waals surface area (Å²) >= 11 is 0. The monoisotopic (exact) mass is 253 g/mol. The van der Waals surface area contributed by atoms with Crippen molar-refractivity contribution in [1.29, 1.82) is 0 Å². The molecule has 1 aromatic rings. The molecular formula is C12H19N3O3. The average Bonchev–Trinajstić information content (AvgIpc) is 2.58. The van der Waals surface area contributed by atoms with Gasteiger partial charge in [-0.3, -0.25) is 14.7 Å². The number of carboxylic acid groups (broad SMARTS) is 1. The predicted octanol–water partition coefficient (Wildman–Crippen LogP) is 1.23. The fourth-order valence-corrected chi connectivity index (χ4v) is 1.72. The van der Waals surface area contributed by atoms with Gasteiger partial charge in [0.1, 0.15) is 0 Å². The maximum atomic E-state index is 11.7. The summed E-state index contributed by atoms with van der Waals surface area (Å²) in [5, 5.41) is 18.1. The number of aliphatic carboxylic acids is 1. The zero-order chi connectivity index (χ0) is 13.8. The van der Waals surface area contributed by atoms with Crippen LogP contribution in [0.15, 0.2) is 6.20 Å². The van der Waals surface area contributed by atoms with Crippen LogP contribution in [0.4, 0.5) is 0 Å². The van der Waals surface area contributed by atoms with Gasteiger partial charge in [0, 0.05) is 24.2 Å². The van der Waals surface area contributed by atoms with E-state index < -0.39 is 11.4 Å². The van der Waals surface area contributed by atoms with Crippen LogP contribution in [0.3, 0.4) is 0 Å². The molecule has 3 N–H and O–H groups in total. The molecular weight excluding hydrogens is 234 g/mol. The van der Waals surface area contributed by atoms with Crippen LogP contribution in [-0.2, 0) is 16.1 Å². The molecule has 0 aliphatic carbocycles. The minimum Gasteiger partial charge on any atom is -0.481 e. The molecule has 1 aromatic heterocycles. The first-order valence-corrected chi connectivity index (χ1v) is 5.77. The highest BCUT2D eigenvalue weighted by atomic mass is 16.4. The van der Waals surface area contributed by atoms with E-state index in [0.29, 0.717) is 6.54 Å². The number of rotatable bonds is 6. The smallest absolute Gasteiger partial charge is 0.303 e. The van der Waals surface area contributed by atoms with Gasteiger partial charge in [-0.05, 0) is 12.3 Å². The molecule has 0 unspecified atom stereocenters. The van der Waals surface area contributed by atoms with Gasteiger partial charge in [0.25, 0.3) is 0 Å². The molecule has 1 rings (SSSR count). The first-order chi connectivity index (χ1) is 8.30. The number of hydrogen-bond donors (Lipinski definition) is 3. The zero-order valence-corrected chi connectivity index (χ0v) is 10.9. The molecule has 100 valence electrons. The van der Waals surface area contributed by atoms with Crippen molar-refractivity contribution in [2.24, 2.45) is 5.41 Å². The topological polar surface area (TPSA) is 95.1 Å². The van der Waals surface area contributed by atoms with Crippen molar-refractivity contribution in [2.45, 2.75) is 40.2 Å². The maximum absolute atomic E-state index is 11.7. The number of aryl methyl sites for hydroxylation is 1. The van der Waals surface area contributed by atoms with E-state index in [4.69, 9.17) is 5.11 Å². The fourth-order valence-electron chi connectivity index (χ4n) is 1.72. The van der Waals surface area contributed by atoms with Crippen molar-refractivity contribution in [3.63, 3.8) is 0 Å². The Kier molecular flexibility index (Phi) is 4.47. The Labute approximate surface area is 106 Å². The lowest BCUT2D eigenvalue weighted by Gasteiger charge is -2.21. The number of carbonyl (C=O) groups excluding carboxylic acids is 1. The first kappa shape index (κ1) is 14.2. The zero-order valence-electron chi connectivity index (χ0n) is 10.9. The minimum atomic E-state index is -0.890. The van der Waals surface area contributed by atoms with Crippen LogP contribution in [0.5, 0.6) is 0 Å². The third-order valence-corrected chi connectivity index (χ3v) is 2.68. The second-order valence-corrected chi connectivity index (χ2v) is 5.21. The third-order valence-electron chi connectivity index (χ3n) is 2.68. The molecule has 0 aromatic carbocycles. The van der Waals surface area contributed by atoms with Gasteiger partial charge in [-0.2, -0.15) is 5.10 Å². The third kappa shape index (κ3) is 4.57. The normalized spacial score (nSPS) is 11.3. The standard InChI is InChI=1S/C12H19N3O3/c1-8-9(7-14-15-8)6-13-10(16)4-12(2,3)5-11(17)18/h7H,4-6H2,1-3H3,(H,13,16)(H,14,15)(H,17,18). The van der Waals surface area contributed by atoms with Gasteiger partial charge < -0.3 is 10.4 Å². The quantitative estimate of drug-likeness (QED) is 0.710. The van der Waals surface area contributed by atoms with Crippen LogP contribution in [0.25, 0.3) is 0 Å². The lowest BCUT2D eigenvalue weighted by atomic mass is 9.85.